The van der Waals surface area contributed by atoms with Gasteiger partial charge in [0.2, 0.25) is 0 Å². The molecule has 0 aliphatic heterocycles. The molecule has 1 rings (SSSR count). The van der Waals surface area contributed by atoms with Crippen LogP contribution < -0.4 is 4.74 Å². The van der Waals surface area contributed by atoms with E-state index < -0.39 is 5.97 Å². The first-order valence-electron chi connectivity index (χ1n) is 5.82. The van der Waals surface area contributed by atoms with Crippen molar-refractivity contribution in [2.45, 2.75) is 39.5 Å². The lowest BCUT2D eigenvalue weighted by Crippen LogP contribution is -2.02. The molecule has 0 spiro atoms. The number of aliphatic carboxylic acids is 1. The van der Waals surface area contributed by atoms with Crippen LogP contribution in [-0.2, 0) is 4.79 Å². The van der Waals surface area contributed by atoms with Gasteiger partial charge in [0.1, 0.15) is 5.75 Å². The third kappa shape index (κ3) is 3.48. The zero-order valence-electron chi connectivity index (χ0n) is 10.9. The number of carboxylic acids is 1. The predicted octanol–water partition coefficient (Wildman–Crippen LogP) is 3.28. The standard InChI is InChI=1S/C14H20O3/c1-9(5-6-13(15)16)12-7-10(2)14(17-4)11(3)8-12/h7-9H,5-6H2,1-4H3,(H,15,16). The van der Waals surface area contributed by atoms with Gasteiger partial charge in [-0.05, 0) is 42.9 Å². The molecule has 0 amide bonds. The van der Waals surface area contributed by atoms with Gasteiger partial charge in [0.25, 0.3) is 0 Å². The number of benzene rings is 1. The molecule has 0 saturated heterocycles. The van der Waals surface area contributed by atoms with Crippen LogP contribution >= 0.6 is 0 Å². The minimum atomic E-state index is -0.737. The fraction of sp³-hybridized carbons (Fsp3) is 0.500. The van der Waals surface area contributed by atoms with E-state index in [1.165, 1.54) is 5.56 Å². The maximum Gasteiger partial charge on any atom is 0.303 e. The van der Waals surface area contributed by atoms with E-state index in [4.69, 9.17) is 9.84 Å². The first-order valence-corrected chi connectivity index (χ1v) is 5.82. The zero-order valence-corrected chi connectivity index (χ0v) is 10.9. The summed E-state index contributed by atoms with van der Waals surface area (Å²) in [5.41, 5.74) is 3.39. The Morgan fingerprint density at radius 1 is 1.35 bits per heavy atom. The Balaban J connectivity index is 2.88. The van der Waals surface area contributed by atoms with Gasteiger partial charge >= 0.3 is 5.97 Å². The van der Waals surface area contributed by atoms with E-state index in [1.807, 2.05) is 13.8 Å². The summed E-state index contributed by atoms with van der Waals surface area (Å²) in [6.07, 6.45) is 0.881. The second-order valence-corrected chi connectivity index (χ2v) is 4.52. The Morgan fingerprint density at radius 3 is 2.29 bits per heavy atom. The summed E-state index contributed by atoms with van der Waals surface area (Å²) in [6.45, 7) is 6.09. The largest absolute Gasteiger partial charge is 0.496 e. The summed E-state index contributed by atoms with van der Waals surface area (Å²) in [6, 6.07) is 4.16. The summed E-state index contributed by atoms with van der Waals surface area (Å²) < 4.78 is 5.31. The molecule has 0 heterocycles. The second kappa shape index (κ2) is 5.71. The van der Waals surface area contributed by atoms with Gasteiger partial charge in [-0.1, -0.05) is 19.1 Å². The van der Waals surface area contributed by atoms with E-state index in [0.717, 1.165) is 16.9 Å². The smallest absolute Gasteiger partial charge is 0.303 e. The van der Waals surface area contributed by atoms with Crippen molar-refractivity contribution in [2.75, 3.05) is 7.11 Å². The maximum atomic E-state index is 10.5. The molecule has 0 bridgehead atoms. The van der Waals surface area contributed by atoms with Crippen molar-refractivity contribution in [3.8, 4) is 5.75 Å². The van der Waals surface area contributed by atoms with Crippen molar-refractivity contribution < 1.29 is 14.6 Å². The zero-order chi connectivity index (χ0) is 13.0. The van der Waals surface area contributed by atoms with Crippen LogP contribution in [0.15, 0.2) is 12.1 Å². The number of hydrogen-bond donors (Lipinski definition) is 1. The summed E-state index contributed by atoms with van der Waals surface area (Å²) >= 11 is 0. The average molecular weight is 236 g/mol. The molecule has 0 aliphatic carbocycles. The molecule has 1 N–H and O–H groups in total. The minimum Gasteiger partial charge on any atom is -0.496 e. The van der Waals surface area contributed by atoms with Crippen LogP contribution in [-0.4, -0.2) is 18.2 Å². The molecule has 1 atom stereocenters. The van der Waals surface area contributed by atoms with Crippen molar-refractivity contribution in [3.05, 3.63) is 28.8 Å². The van der Waals surface area contributed by atoms with Crippen LogP contribution in [0.3, 0.4) is 0 Å². The van der Waals surface area contributed by atoms with Gasteiger partial charge in [-0.3, -0.25) is 4.79 Å². The number of methoxy groups -OCH3 is 1. The number of carboxylic acid groups (broad SMARTS) is 1. The molecule has 3 heteroatoms. The first-order chi connectivity index (χ1) is 7.95. The molecule has 0 radical (unpaired) electrons. The van der Waals surface area contributed by atoms with E-state index in [1.54, 1.807) is 7.11 Å². The van der Waals surface area contributed by atoms with Gasteiger partial charge in [-0.2, -0.15) is 0 Å². The van der Waals surface area contributed by atoms with Crippen LogP contribution in [0.1, 0.15) is 42.4 Å². The fourth-order valence-electron chi connectivity index (χ4n) is 2.10. The van der Waals surface area contributed by atoms with E-state index in [-0.39, 0.29) is 12.3 Å². The topological polar surface area (TPSA) is 46.5 Å². The SMILES string of the molecule is COc1c(C)cc(C(C)CCC(=O)O)cc1C. The lowest BCUT2D eigenvalue weighted by Gasteiger charge is -2.15. The van der Waals surface area contributed by atoms with Gasteiger partial charge < -0.3 is 9.84 Å². The Hall–Kier alpha value is -1.51. The highest BCUT2D eigenvalue weighted by Crippen LogP contribution is 2.29. The number of hydrogen-bond acceptors (Lipinski definition) is 2. The van der Waals surface area contributed by atoms with E-state index >= 15 is 0 Å². The second-order valence-electron chi connectivity index (χ2n) is 4.52. The molecule has 1 aromatic carbocycles. The van der Waals surface area contributed by atoms with Gasteiger partial charge in [0.15, 0.2) is 0 Å². The number of rotatable bonds is 5. The monoisotopic (exact) mass is 236 g/mol. The molecule has 0 aromatic heterocycles. The lowest BCUT2D eigenvalue weighted by atomic mass is 9.93. The molecule has 1 aromatic rings. The van der Waals surface area contributed by atoms with Crippen LogP contribution in [0.25, 0.3) is 0 Å². The minimum absolute atomic E-state index is 0.214. The molecule has 0 saturated carbocycles. The van der Waals surface area contributed by atoms with Crippen LogP contribution in [0.5, 0.6) is 5.75 Å². The normalized spacial score (nSPS) is 12.2. The van der Waals surface area contributed by atoms with Crippen LogP contribution in [0, 0.1) is 13.8 Å². The van der Waals surface area contributed by atoms with Crippen molar-refractivity contribution >= 4 is 5.97 Å². The number of ether oxygens (including phenoxy) is 1. The highest BCUT2D eigenvalue weighted by Gasteiger charge is 2.11. The molecule has 0 fully saturated rings. The van der Waals surface area contributed by atoms with E-state index in [0.29, 0.717) is 6.42 Å². The lowest BCUT2D eigenvalue weighted by molar-refractivity contribution is -0.137. The number of carbonyl (C=O) groups is 1. The Labute approximate surface area is 102 Å². The fourth-order valence-corrected chi connectivity index (χ4v) is 2.10. The van der Waals surface area contributed by atoms with Crippen molar-refractivity contribution in [1.29, 1.82) is 0 Å². The van der Waals surface area contributed by atoms with Crippen LogP contribution in [0.4, 0.5) is 0 Å². The highest BCUT2D eigenvalue weighted by atomic mass is 16.5. The molecular formula is C14H20O3. The van der Waals surface area contributed by atoms with Gasteiger partial charge in [-0.25, -0.2) is 0 Å². The van der Waals surface area contributed by atoms with E-state index in [2.05, 4.69) is 19.1 Å². The molecule has 0 aliphatic rings. The molecule has 17 heavy (non-hydrogen) atoms. The average Bonchev–Trinajstić information content (AvgIpc) is 2.25. The third-order valence-electron chi connectivity index (χ3n) is 3.05. The number of aryl methyl sites for hydroxylation is 2. The van der Waals surface area contributed by atoms with Gasteiger partial charge in [0.05, 0.1) is 7.11 Å². The van der Waals surface area contributed by atoms with Crippen molar-refractivity contribution in [2.24, 2.45) is 0 Å². The molecule has 3 nitrogen and oxygen atoms in total. The van der Waals surface area contributed by atoms with Crippen LogP contribution in [0.2, 0.25) is 0 Å². The van der Waals surface area contributed by atoms with E-state index in [9.17, 15) is 4.79 Å². The van der Waals surface area contributed by atoms with Crippen molar-refractivity contribution in [3.63, 3.8) is 0 Å². The molecular weight excluding hydrogens is 216 g/mol. The summed E-state index contributed by atoms with van der Waals surface area (Å²) in [5, 5.41) is 8.68. The summed E-state index contributed by atoms with van der Waals surface area (Å²) in [5.74, 6) is 0.437. The molecule has 94 valence electrons. The van der Waals surface area contributed by atoms with Crippen molar-refractivity contribution in [1.82, 2.24) is 0 Å². The Morgan fingerprint density at radius 2 is 1.88 bits per heavy atom. The van der Waals surface area contributed by atoms with Gasteiger partial charge in [-0.15, -0.1) is 0 Å². The summed E-state index contributed by atoms with van der Waals surface area (Å²) in [4.78, 5) is 10.5. The third-order valence-corrected chi connectivity index (χ3v) is 3.05. The predicted molar refractivity (Wildman–Crippen MR) is 67.8 cm³/mol. The summed E-state index contributed by atoms with van der Waals surface area (Å²) in [7, 11) is 1.67. The highest BCUT2D eigenvalue weighted by molar-refractivity contribution is 5.66. The van der Waals surface area contributed by atoms with Gasteiger partial charge in [0, 0.05) is 6.42 Å². The Bertz CT molecular complexity index is 387. The first kappa shape index (κ1) is 13.6. The maximum absolute atomic E-state index is 10.5. The quantitative estimate of drug-likeness (QED) is 0.853. The Kier molecular flexibility index (Phi) is 4.55. The molecule has 1 unspecified atom stereocenters.